The molecule has 0 aliphatic rings. The van der Waals surface area contributed by atoms with Gasteiger partial charge < -0.3 is 14.8 Å². The van der Waals surface area contributed by atoms with E-state index in [1.54, 1.807) is 50.4 Å². The Kier molecular flexibility index (Phi) is 4.42. The smallest absolute Gasteiger partial charge is 0.423 e. The first-order valence-corrected chi connectivity index (χ1v) is 8.18. The molecule has 2 rings (SSSR count). The van der Waals surface area contributed by atoms with Gasteiger partial charge in [0.2, 0.25) is 0 Å². The molecular weight excluding hydrogens is 291 g/mol. The first kappa shape index (κ1) is 15.7. The molecule has 0 aliphatic carbocycles. The summed E-state index contributed by atoms with van der Waals surface area (Å²) in [5.74, 6) is 0. The molecule has 0 radical (unpaired) electrons. The maximum absolute atomic E-state index is 10.4. The zero-order valence-electron chi connectivity index (χ0n) is 12.1. The van der Waals surface area contributed by atoms with Gasteiger partial charge in [0.1, 0.15) is 0 Å². The second-order valence-electron chi connectivity index (χ2n) is 5.72. The van der Waals surface area contributed by atoms with Crippen molar-refractivity contribution in [3.63, 3.8) is 0 Å². The van der Waals surface area contributed by atoms with Crippen LogP contribution < -0.4 is 5.46 Å². The van der Waals surface area contributed by atoms with E-state index in [0.717, 1.165) is 15.2 Å². The average molecular weight is 310 g/mol. The highest BCUT2D eigenvalue weighted by molar-refractivity contribution is 7.21. The quantitative estimate of drug-likeness (QED) is 0.835. The number of thiophene rings is 2. The highest BCUT2D eigenvalue weighted by Crippen LogP contribution is 2.30. The average Bonchev–Trinajstić information content (AvgIpc) is 2.97. The lowest BCUT2D eigenvalue weighted by Crippen LogP contribution is -2.53. The Morgan fingerprint density at radius 2 is 1.80 bits per heavy atom. The van der Waals surface area contributed by atoms with Crippen LogP contribution in [-0.4, -0.2) is 28.5 Å². The normalized spacial score (nSPS) is 12.7. The molecule has 108 valence electrons. The van der Waals surface area contributed by atoms with Crippen molar-refractivity contribution in [2.75, 3.05) is 0 Å². The van der Waals surface area contributed by atoms with Crippen molar-refractivity contribution in [1.29, 1.82) is 0 Å². The number of hydrogen-bond donors (Lipinski definition) is 2. The second kappa shape index (κ2) is 5.62. The summed E-state index contributed by atoms with van der Waals surface area (Å²) in [4.78, 5) is 2.12. The fourth-order valence-corrected chi connectivity index (χ4v) is 3.42. The van der Waals surface area contributed by atoms with Crippen molar-refractivity contribution >= 4 is 35.3 Å². The van der Waals surface area contributed by atoms with E-state index in [4.69, 9.17) is 4.65 Å². The Morgan fingerprint density at radius 1 is 1.10 bits per heavy atom. The molecule has 0 aliphatic heterocycles. The minimum Gasteiger partial charge on any atom is -0.423 e. The minimum atomic E-state index is -1.06. The van der Waals surface area contributed by atoms with Crippen molar-refractivity contribution < 1.29 is 14.8 Å². The lowest BCUT2D eigenvalue weighted by atomic mass is 9.76. The predicted molar refractivity (Wildman–Crippen MR) is 86.7 cm³/mol. The van der Waals surface area contributed by atoms with Crippen LogP contribution in [0.15, 0.2) is 29.0 Å². The molecular formula is C14H19BO3S2. The van der Waals surface area contributed by atoms with Crippen molar-refractivity contribution in [2.45, 2.75) is 38.9 Å². The van der Waals surface area contributed by atoms with E-state index < -0.39 is 18.3 Å². The topological polar surface area (TPSA) is 49.7 Å². The van der Waals surface area contributed by atoms with Gasteiger partial charge in [0.05, 0.1) is 11.2 Å². The van der Waals surface area contributed by atoms with Crippen LogP contribution >= 0.6 is 22.7 Å². The Hall–Kier alpha value is -0.655. The molecule has 3 nitrogen and oxygen atoms in total. The van der Waals surface area contributed by atoms with Crippen LogP contribution in [0.25, 0.3) is 9.75 Å². The lowest BCUT2D eigenvalue weighted by Gasteiger charge is -2.38. The van der Waals surface area contributed by atoms with Gasteiger partial charge in [-0.25, -0.2) is 0 Å². The summed E-state index contributed by atoms with van der Waals surface area (Å²) in [6, 6.07) is 5.87. The van der Waals surface area contributed by atoms with E-state index in [2.05, 4.69) is 0 Å². The Morgan fingerprint density at radius 3 is 2.35 bits per heavy atom. The molecule has 0 fully saturated rings. The molecule has 2 aromatic rings. The third-order valence-corrected chi connectivity index (χ3v) is 5.57. The van der Waals surface area contributed by atoms with Crippen molar-refractivity contribution in [1.82, 2.24) is 0 Å². The van der Waals surface area contributed by atoms with Crippen molar-refractivity contribution in [2.24, 2.45) is 0 Å². The molecule has 2 heterocycles. The van der Waals surface area contributed by atoms with Crippen LogP contribution in [0.3, 0.4) is 0 Å². The van der Waals surface area contributed by atoms with E-state index in [1.807, 2.05) is 29.0 Å². The Labute approximate surface area is 128 Å². The fourth-order valence-electron chi connectivity index (χ4n) is 1.61. The van der Waals surface area contributed by atoms with Crippen LogP contribution in [0, 0.1) is 0 Å². The zero-order valence-corrected chi connectivity index (χ0v) is 13.7. The molecule has 0 bridgehead atoms. The number of aliphatic hydroxyl groups is 1. The summed E-state index contributed by atoms with van der Waals surface area (Å²) in [5, 5.41) is 24.4. The summed E-state index contributed by atoms with van der Waals surface area (Å²) in [5.41, 5.74) is -1.16. The molecule has 0 saturated heterocycles. The van der Waals surface area contributed by atoms with Gasteiger partial charge in [0.15, 0.2) is 0 Å². The molecule has 0 amide bonds. The Bertz CT molecular complexity index is 555. The molecule has 0 spiro atoms. The number of rotatable bonds is 5. The third-order valence-electron chi connectivity index (χ3n) is 3.59. The lowest BCUT2D eigenvalue weighted by molar-refractivity contribution is -0.0982. The second-order valence-corrected chi connectivity index (χ2v) is 7.59. The fraction of sp³-hybridized carbons (Fsp3) is 0.429. The predicted octanol–water partition coefficient (Wildman–Crippen LogP) is 2.73. The first-order valence-electron chi connectivity index (χ1n) is 6.42. The molecule has 0 unspecified atom stereocenters. The standard InChI is InChI=1S/C14H19BO3S2/c1-13(2,16)14(3,4)18-15(17)10-7-9-20-12(10)11-6-5-8-19-11/h5-9,16-17H,1-4H3. The van der Waals surface area contributed by atoms with E-state index in [0.29, 0.717) is 0 Å². The summed E-state index contributed by atoms with van der Waals surface area (Å²) < 4.78 is 5.70. The van der Waals surface area contributed by atoms with Crippen LogP contribution in [0.2, 0.25) is 0 Å². The third kappa shape index (κ3) is 3.15. The molecule has 2 aromatic heterocycles. The van der Waals surface area contributed by atoms with Crippen LogP contribution in [0.4, 0.5) is 0 Å². The van der Waals surface area contributed by atoms with E-state index in [9.17, 15) is 10.1 Å². The molecule has 0 saturated carbocycles. The maximum atomic E-state index is 10.4. The van der Waals surface area contributed by atoms with E-state index in [1.165, 1.54) is 0 Å². The summed E-state index contributed by atoms with van der Waals surface area (Å²) in [7, 11) is -1.06. The Balaban J connectivity index is 2.23. The highest BCUT2D eigenvalue weighted by atomic mass is 32.1. The summed E-state index contributed by atoms with van der Waals surface area (Å²) in [6.45, 7) is 6.89. The van der Waals surface area contributed by atoms with Gasteiger partial charge in [0, 0.05) is 15.2 Å². The molecule has 20 heavy (non-hydrogen) atoms. The van der Waals surface area contributed by atoms with E-state index in [-0.39, 0.29) is 0 Å². The number of hydrogen-bond acceptors (Lipinski definition) is 5. The SMILES string of the molecule is CC(C)(O)C(C)(C)OB(O)c1ccsc1-c1cccs1. The van der Waals surface area contributed by atoms with Gasteiger partial charge >= 0.3 is 7.12 Å². The molecule has 2 N–H and O–H groups in total. The molecule has 0 aromatic carbocycles. The van der Waals surface area contributed by atoms with Gasteiger partial charge in [-0.1, -0.05) is 12.1 Å². The zero-order chi connectivity index (χ0) is 15.0. The van der Waals surface area contributed by atoms with Crippen LogP contribution in [-0.2, 0) is 4.65 Å². The van der Waals surface area contributed by atoms with Crippen LogP contribution in [0.5, 0.6) is 0 Å². The minimum absolute atomic E-state index is 0.745. The monoisotopic (exact) mass is 310 g/mol. The largest absolute Gasteiger partial charge is 0.493 e. The molecule has 6 heteroatoms. The van der Waals surface area contributed by atoms with Crippen molar-refractivity contribution in [3.8, 4) is 9.75 Å². The summed E-state index contributed by atoms with van der Waals surface area (Å²) >= 11 is 3.21. The van der Waals surface area contributed by atoms with Gasteiger partial charge in [-0.2, -0.15) is 0 Å². The van der Waals surface area contributed by atoms with Gasteiger partial charge in [-0.05, 0) is 44.5 Å². The van der Waals surface area contributed by atoms with E-state index >= 15 is 0 Å². The highest BCUT2D eigenvalue weighted by Gasteiger charge is 2.40. The summed E-state index contributed by atoms with van der Waals surface area (Å²) in [6.07, 6.45) is 0. The first-order chi connectivity index (χ1) is 9.22. The van der Waals surface area contributed by atoms with Gasteiger partial charge in [0.25, 0.3) is 0 Å². The maximum Gasteiger partial charge on any atom is 0.493 e. The van der Waals surface area contributed by atoms with Crippen LogP contribution in [0.1, 0.15) is 27.7 Å². The molecule has 0 atom stereocenters. The van der Waals surface area contributed by atoms with Crippen molar-refractivity contribution in [3.05, 3.63) is 29.0 Å². The van der Waals surface area contributed by atoms with Gasteiger partial charge in [-0.3, -0.25) is 0 Å². The van der Waals surface area contributed by atoms with Gasteiger partial charge in [-0.15, -0.1) is 22.7 Å².